The highest BCUT2D eigenvalue weighted by molar-refractivity contribution is 7.89. The van der Waals surface area contributed by atoms with Crippen LogP contribution in [-0.4, -0.2) is 133 Å². The van der Waals surface area contributed by atoms with E-state index in [1.54, 1.807) is 4.90 Å². The molecule has 0 unspecified atom stereocenters. The molecule has 6 rings (SSSR count). The molecule has 4 aliphatic heterocycles. The SMILES string of the molecule is O=C1C[C@@H]2O[C@H](CN(S(=O)(=O)c3cccc(F)c3)C[C@@H]3CN(CCO3)C(=O)[C@@H]3C[C@@H](CN3CC3CC3)N1)[C@@H](O)[C@H]2O. The topological polar surface area (TPSA) is 149 Å². The van der Waals surface area contributed by atoms with Crippen molar-refractivity contribution in [3.63, 3.8) is 0 Å². The quantitative estimate of drug-likeness (QED) is 0.394. The molecule has 5 fully saturated rings. The van der Waals surface area contributed by atoms with Gasteiger partial charge < -0.3 is 29.9 Å². The molecular formula is C27H37FN4O8S. The fourth-order valence-electron chi connectivity index (χ4n) is 6.43. The van der Waals surface area contributed by atoms with Crippen LogP contribution in [0, 0.1) is 11.7 Å². The maximum absolute atomic E-state index is 14.0. The summed E-state index contributed by atoms with van der Waals surface area (Å²) in [4.78, 5) is 30.3. The van der Waals surface area contributed by atoms with Gasteiger partial charge >= 0.3 is 0 Å². The molecule has 41 heavy (non-hydrogen) atoms. The van der Waals surface area contributed by atoms with E-state index < -0.39 is 52.4 Å². The summed E-state index contributed by atoms with van der Waals surface area (Å²) in [5.41, 5.74) is 0. The predicted octanol–water partition coefficient (Wildman–Crippen LogP) is -1.09. The number of amides is 2. The summed E-state index contributed by atoms with van der Waals surface area (Å²) in [5, 5.41) is 24.5. The van der Waals surface area contributed by atoms with E-state index in [4.69, 9.17) is 9.47 Å². The molecule has 1 aromatic carbocycles. The number of carbonyl (C=O) groups excluding carboxylic acids is 2. The van der Waals surface area contributed by atoms with Gasteiger partial charge in [-0.05, 0) is 43.4 Å². The summed E-state index contributed by atoms with van der Waals surface area (Å²) < 4.78 is 54.3. The number of rotatable bonds is 4. The van der Waals surface area contributed by atoms with Crippen LogP contribution in [-0.2, 0) is 29.1 Å². The fourth-order valence-corrected chi connectivity index (χ4v) is 7.95. The molecule has 3 N–H and O–H groups in total. The second-order valence-corrected chi connectivity index (χ2v) is 13.8. The number of fused-ring (bicyclic) bond motifs is 6. The minimum Gasteiger partial charge on any atom is -0.388 e. The first-order valence-electron chi connectivity index (χ1n) is 14.3. The Morgan fingerprint density at radius 2 is 1.83 bits per heavy atom. The van der Waals surface area contributed by atoms with Gasteiger partial charge in [-0.15, -0.1) is 0 Å². The number of aliphatic hydroxyl groups excluding tert-OH is 2. The van der Waals surface area contributed by atoms with Crippen LogP contribution >= 0.6 is 0 Å². The first kappa shape index (κ1) is 28.9. The lowest BCUT2D eigenvalue weighted by molar-refractivity contribution is -0.144. The van der Waals surface area contributed by atoms with Gasteiger partial charge in [-0.25, -0.2) is 12.8 Å². The van der Waals surface area contributed by atoms with Crippen LogP contribution in [0.3, 0.4) is 0 Å². The molecule has 1 aromatic rings. The number of hydrogen-bond acceptors (Lipinski definition) is 9. The molecule has 0 radical (unpaired) electrons. The second kappa shape index (κ2) is 11.5. The van der Waals surface area contributed by atoms with E-state index in [0.29, 0.717) is 25.4 Å². The van der Waals surface area contributed by atoms with E-state index in [9.17, 15) is 32.6 Å². The van der Waals surface area contributed by atoms with Gasteiger partial charge in [-0.3, -0.25) is 14.5 Å². The Hall–Kier alpha value is -2.20. The third-order valence-corrected chi connectivity index (χ3v) is 10.6. The van der Waals surface area contributed by atoms with Crippen LogP contribution in [0.25, 0.3) is 0 Å². The Morgan fingerprint density at radius 1 is 1.05 bits per heavy atom. The monoisotopic (exact) mass is 596 g/mol. The fraction of sp³-hybridized carbons (Fsp3) is 0.704. The van der Waals surface area contributed by atoms with Crippen molar-refractivity contribution >= 4 is 21.8 Å². The minimum atomic E-state index is -4.30. The van der Waals surface area contributed by atoms with Crippen molar-refractivity contribution in [2.45, 2.75) is 73.2 Å². The second-order valence-electron chi connectivity index (χ2n) is 11.9. The lowest BCUT2D eigenvalue weighted by Crippen LogP contribution is -2.55. The van der Waals surface area contributed by atoms with E-state index in [-0.39, 0.29) is 55.4 Å². The Labute approximate surface area is 238 Å². The molecule has 1 aliphatic carbocycles. The molecule has 4 saturated heterocycles. The number of nitrogens with zero attached hydrogens (tertiary/aromatic N) is 3. The van der Waals surface area contributed by atoms with Crippen molar-refractivity contribution in [1.29, 1.82) is 0 Å². The number of benzene rings is 1. The van der Waals surface area contributed by atoms with Gasteiger partial charge in [-0.1, -0.05) is 6.07 Å². The molecule has 0 aromatic heterocycles. The molecule has 5 aliphatic rings. The third-order valence-electron chi connectivity index (χ3n) is 8.77. The summed E-state index contributed by atoms with van der Waals surface area (Å²) in [6, 6.07) is 3.94. The largest absolute Gasteiger partial charge is 0.388 e. The summed E-state index contributed by atoms with van der Waals surface area (Å²) >= 11 is 0. The smallest absolute Gasteiger partial charge is 0.243 e. The standard InChI is InChI=1S/C27H37FN4O8S/c28-17-2-1-3-20(8-17)41(37,38)32-14-19-13-30(6-7-39-19)27(36)21-9-18(12-31(21)11-16-4-5-16)29-24(33)10-22-25(34)26(35)23(15-32)40-22/h1-3,8,16,18-19,21-23,25-26,34-35H,4-7,9-15H2,(H,29,33)/t18-,19-,21-,22-,23+,25-,26+/m0/s1. The summed E-state index contributed by atoms with van der Waals surface area (Å²) in [7, 11) is -4.30. The highest BCUT2D eigenvalue weighted by atomic mass is 32.2. The van der Waals surface area contributed by atoms with Gasteiger partial charge in [0.05, 0.1) is 36.2 Å². The van der Waals surface area contributed by atoms with Crippen molar-refractivity contribution in [1.82, 2.24) is 19.4 Å². The number of halogens is 1. The molecule has 7 atom stereocenters. The Balaban J connectivity index is 1.31. The summed E-state index contributed by atoms with van der Waals surface area (Å²) in [6.45, 7) is 1.47. The van der Waals surface area contributed by atoms with Crippen molar-refractivity contribution in [3.8, 4) is 0 Å². The Morgan fingerprint density at radius 3 is 2.59 bits per heavy atom. The lowest BCUT2D eigenvalue weighted by Gasteiger charge is -2.38. The van der Waals surface area contributed by atoms with Gasteiger partial charge in [-0.2, -0.15) is 4.31 Å². The third kappa shape index (κ3) is 6.14. The van der Waals surface area contributed by atoms with Gasteiger partial charge in [0.2, 0.25) is 21.8 Å². The van der Waals surface area contributed by atoms with E-state index in [1.807, 2.05) is 0 Å². The maximum Gasteiger partial charge on any atom is 0.243 e. The molecule has 226 valence electrons. The minimum absolute atomic E-state index is 0.0726. The van der Waals surface area contributed by atoms with Crippen molar-refractivity contribution < 1.29 is 42.1 Å². The highest BCUT2D eigenvalue weighted by Gasteiger charge is 2.47. The Kier molecular flexibility index (Phi) is 8.09. The van der Waals surface area contributed by atoms with Crippen LogP contribution in [0.15, 0.2) is 29.2 Å². The number of carbonyl (C=O) groups is 2. The summed E-state index contributed by atoms with van der Waals surface area (Å²) in [5.74, 6) is -0.644. The van der Waals surface area contributed by atoms with Crippen molar-refractivity contribution in [2.24, 2.45) is 5.92 Å². The van der Waals surface area contributed by atoms with E-state index in [0.717, 1.165) is 35.8 Å². The van der Waals surface area contributed by atoms with Crippen LogP contribution in [0.1, 0.15) is 25.7 Å². The normalized spacial score (nSPS) is 36.0. The van der Waals surface area contributed by atoms with E-state index in [2.05, 4.69) is 10.2 Å². The van der Waals surface area contributed by atoms with Crippen LogP contribution in [0.5, 0.6) is 0 Å². The number of sulfonamides is 1. The number of nitrogens with one attached hydrogen (secondary N) is 1. The highest BCUT2D eigenvalue weighted by Crippen LogP contribution is 2.33. The first-order chi connectivity index (χ1) is 19.6. The van der Waals surface area contributed by atoms with Crippen LogP contribution in [0.4, 0.5) is 4.39 Å². The van der Waals surface area contributed by atoms with Crippen molar-refractivity contribution in [2.75, 3.05) is 45.9 Å². The van der Waals surface area contributed by atoms with Crippen LogP contribution < -0.4 is 5.32 Å². The zero-order chi connectivity index (χ0) is 28.9. The predicted molar refractivity (Wildman–Crippen MR) is 141 cm³/mol. The average Bonchev–Trinajstić information content (AvgIpc) is 3.62. The average molecular weight is 597 g/mol. The Bertz CT molecular complexity index is 1270. The molecule has 1 saturated carbocycles. The van der Waals surface area contributed by atoms with E-state index in [1.165, 1.54) is 12.1 Å². The van der Waals surface area contributed by atoms with Crippen LogP contribution in [0.2, 0.25) is 0 Å². The number of aliphatic hydroxyl groups is 2. The van der Waals surface area contributed by atoms with E-state index >= 15 is 0 Å². The molecule has 2 amide bonds. The van der Waals surface area contributed by atoms with Gasteiger partial charge in [0, 0.05) is 45.3 Å². The zero-order valence-electron chi connectivity index (χ0n) is 22.7. The maximum atomic E-state index is 14.0. The zero-order valence-corrected chi connectivity index (χ0v) is 23.5. The molecule has 4 heterocycles. The van der Waals surface area contributed by atoms with Gasteiger partial charge in [0.1, 0.15) is 24.1 Å². The molecular weight excluding hydrogens is 559 g/mol. The van der Waals surface area contributed by atoms with Gasteiger partial charge in [0.15, 0.2) is 0 Å². The number of ether oxygens (including phenoxy) is 2. The molecule has 12 nitrogen and oxygen atoms in total. The molecule has 0 spiro atoms. The molecule has 6 bridgehead atoms. The lowest BCUT2D eigenvalue weighted by atomic mass is 10.0. The first-order valence-corrected chi connectivity index (χ1v) is 15.7. The number of morpholine rings is 1. The van der Waals surface area contributed by atoms with Gasteiger partial charge in [0.25, 0.3) is 0 Å². The molecule has 14 heteroatoms. The summed E-state index contributed by atoms with van der Waals surface area (Å²) in [6.07, 6.45) is -3.31. The van der Waals surface area contributed by atoms with Crippen molar-refractivity contribution in [3.05, 3.63) is 30.1 Å². The number of likely N-dealkylation sites (tertiary alicyclic amines) is 1. The number of hydrogen-bond donors (Lipinski definition) is 3.